The van der Waals surface area contributed by atoms with Crippen LogP contribution in [0.15, 0.2) is 29.6 Å². The second-order valence-electron chi connectivity index (χ2n) is 5.26. The highest BCUT2D eigenvalue weighted by molar-refractivity contribution is 14.1. The maximum absolute atomic E-state index is 6.54. The van der Waals surface area contributed by atoms with Gasteiger partial charge in [-0.2, -0.15) is 0 Å². The number of nitrogens with zero attached hydrogens (tertiary/aromatic N) is 1. The van der Waals surface area contributed by atoms with Gasteiger partial charge in [0.05, 0.1) is 11.2 Å². The van der Waals surface area contributed by atoms with Crippen molar-refractivity contribution in [1.82, 2.24) is 4.98 Å². The van der Waals surface area contributed by atoms with Crippen molar-refractivity contribution < 1.29 is 0 Å². The number of hydrogen-bond acceptors (Lipinski definition) is 3. The lowest BCUT2D eigenvalue weighted by Gasteiger charge is -2.31. The monoisotopic (exact) mass is 384 g/mol. The van der Waals surface area contributed by atoms with E-state index in [1.807, 2.05) is 0 Å². The topological polar surface area (TPSA) is 38.9 Å². The molecule has 0 amide bonds. The molecule has 1 fully saturated rings. The summed E-state index contributed by atoms with van der Waals surface area (Å²) in [6, 6.07) is 8.50. The Bertz CT molecular complexity index is 556. The van der Waals surface area contributed by atoms with Crippen LogP contribution in [-0.4, -0.2) is 4.98 Å². The van der Waals surface area contributed by atoms with Crippen molar-refractivity contribution in [1.29, 1.82) is 0 Å². The first kappa shape index (κ1) is 13.5. The molecular weight excluding hydrogens is 367 g/mol. The average molecular weight is 384 g/mol. The van der Waals surface area contributed by atoms with Crippen LogP contribution in [0.4, 0.5) is 0 Å². The van der Waals surface area contributed by atoms with Crippen molar-refractivity contribution in [3.63, 3.8) is 0 Å². The van der Waals surface area contributed by atoms with Crippen LogP contribution in [0, 0.1) is 3.57 Å². The standard InChI is InChI=1S/C15H17IN2S/c16-12-6-4-11(5-7-12)13-10-19-14(18-13)15(17)8-2-1-3-9-15/h4-7,10H,1-3,8-9,17H2. The van der Waals surface area contributed by atoms with Crippen molar-refractivity contribution in [2.75, 3.05) is 0 Å². The summed E-state index contributed by atoms with van der Waals surface area (Å²) in [5.41, 5.74) is 8.61. The molecule has 0 spiro atoms. The van der Waals surface area contributed by atoms with Crippen molar-refractivity contribution in [2.45, 2.75) is 37.6 Å². The molecule has 1 aliphatic carbocycles. The predicted octanol–water partition coefficient (Wildman–Crippen LogP) is 4.53. The van der Waals surface area contributed by atoms with Gasteiger partial charge in [-0.25, -0.2) is 4.98 Å². The summed E-state index contributed by atoms with van der Waals surface area (Å²) in [5.74, 6) is 0. The van der Waals surface area contributed by atoms with Crippen LogP contribution in [0.2, 0.25) is 0 Å². The molecule has 1 saturated carbocycles. The smallest absolute Gasteiger partial charge is 0.113 e. The molecule has 0 saturated heterocycles. The third-order valence-electron chi connectivity index (χ3n) is 3.82. The Morgan fingerprint density at radius 1 is 1.11 bits per heavy atom. The van der Waals surface area contributed by atoms with Gasteiger partial charge in [0.25, 0.3) is 0 Å². The largest absolute Gasteiger partial charge is 0.319 e. The summed E-state index contributed by atoms with van der Waals surface area (Å²) >= 11 is 4.04. The Balaban J connectivity index is 1.88. The zero-order chi connectivity index (χ0) is 13.3. The van der Waals surface area contributed by atoms with E-state index in [4.69, 9.17) is 10.7 Å². The molecule has 19 heavy (non-hydrogen) atoms. The Morgan fingerprint density at radius 2 is 1.79 bits per heavy atom. The van der Waals surface area contributed by atoms with Gasteiger partial charge < -0.3 is 5.73 Å². The number of halogens is 1. The van der Waals surface area contributed by atoms with E-state index in [0.29, 0.717) is 0 Å². The maximum atomic E-state index is 6.54. The first-order chi connectivity index (χ1) is 9.17. The van der Waals surface area contributed by atoms with E-state index in [9.17, 15) is 0 Å². The number of hydrogen-bond donors (Lipinski definition) is 1. The molecule has 4 heteroatoms. The van der Waals surface area contributed by atoms with Crippen LogP contribution in [0.3, 0.4) is 0 Å². The fraction of sp³-hybridized carbons (Fsp3) is 0.400. The minimum atomic E-state index is -0.176. The fourth-order valence-electron chi connectivity index (χ4n) is 2.65. The number of thiazole rings is 1. The van der Waals surface area contributed by atoms with Crippen LogP contribution < -0.4 is 5.73 Å². The van der Waals surface area contributed by atoms with Crippen LogP contribution >= 0.6 is 33.9 Å². The number of nitrogens with two attached hydrogens (primary N) is 1. The molecule has 100 valence electrons. The van der Waals surface area contributed by atoms with E-state index in [1.54, 1.807) is 11.3 Å². The molecule has 1 aromatic heterocycles. The molecule has 1 aromatic carbocycles. The van der Waals surface area contributed by atoms with Gasteiger partial charge in [0.15, 0.2) is 0 Å². The number of rotatable bonds is 2. The third-order valence-corrected chi connectivity index (χ3v) is 5.60. The molecular formula is C15H17IN2S. The normalized spacial score (nSPS) is 18.4. The lowest BCUT2D eigenvalue weighted by Crippen LogP contribution is -2.38. The molecule has 0 atom stereocenters. The van der Waals surface area contributed by atoms with E-state index in [-0.39, 0.29) is 5.54 Å². The molecule has 2 nitrogen and oxygen atoms in total. The molecule has 0 aliphatic heterocycles. The van der Waals surface area contributed by atoms with Gasteiger partial charge in [0.2, 0.25) is 0 Å². The Morgan fingerprint density at radius 3 is 2.47 bits per heavy atom. The highest BCUT2D eigenvalue weighted by Crippen LogP contribution is 2.37. The molecule has 0 unspecified atom stereocenters. The van der Waals surface area contributed by atoms with E-state index < -0.39 is 0 Å². The second-order valence-corrected chi connectivity index (χ2v) is 7.37. The van der Waals surface area contributed by atoms with Crippen LogP contribution in [0.1, 0.15) is 37.1 Å². The second kappa shape index (κ2) is 5.50. The minimum Gasteiger partial charge on any atom is -0.319 e. The third kappa shape index (κ3) is 2.85. The van der Waals surface area contributed by atoms with E-state index >= 15 is 0 Å². The zero-order valence-electron chi connectivity index (χ0n) is 10.7. The predicted molar refractivity (Wildman–Crippen MR) is 89.2 cm³/mol. The van der Waals surface area contributed by atoms with Crippen molar-refractivity contribution >= 4 is 33.9 Å². The van der Waals surface area contributed by atoms with Crippen LogP contribution in [0.5, 0.6) is 0 Å². The summed E-state index contributed by atoms with van der Waals surface area (Å²) in [7, 11) is 0. The quantitative estimate of drug-likeness (QED) is 0.773. The van der Waals surface area contributed by atoms with Gasteiger partial charge in [0, 0.05) is 14.5 Å². The Kier molecular flexibility index (Phi) is 3.91. The van der Waals surface area contributed by atoms with Gasteiger partial charge in [-0.15, -0.1) is 11.3 Å². The summed E-state index contributed by atoms with van der Waals surface area (Å²) in [4.78, 5) is 4.80. The highest BCUT2D eigenvalue weighted by Gasteiger charge is 2.32. The maximum Gasteiger partial charge on any atom is 0.113 e. The summed E-state index contributed by atoms with van der Waals surface area (Å²) < 4.78 is 1.25. The SMILES string of the molecule is NC1(c2nc(-c3ccc(I)cc3)cs2)CCCCC1. The molecule has 0 radical (unpaired) electrons. The summed E-state index contributed by atoms with van der Waals surface area (Å²) in [6.07, 6.45) is 5.93. The van der Waals surface area contributed by atoms with Gasteiger partial charge in [-0.3, -0.25) is 0 Å². The van der Waals surface area contributed by atoms with Gasteiger partial charge in [-0.1, -0.05) is 31.4 Å². The first-order valence-corrected chi connectivity index (χ1v) is 8.64. The van der Waals surface area contributed by atoms with Gasteiger partial charge in [0.1, 0.15) is 5.01 Å². The number of aromatic nitrogens is 1. The molecule has 2 aromatic rings. The zero-order valence-corrected chi connectivity index (χ0v) is 13.7. The summed E-state index contributed by atoms with van der Waals surface area (Å²) in [5, 5.41) is 3.25. The molecule has 2 N–H and O–H groups in total. The van der Waals surface area contributed by atoms with Gasteiger partial charge in [-0.05, 0) is 47.6 Å². The van der Waals surface area contributed by atoms with E-state index in [1.165, 1.54) is 28.4 Å². The molecule has 3 rings (SSSR count). The van der Waals surface area contributed by atoms with Gasteiger partial charge >= 0.3 is 0 Å². The highest BCUT2D eigenvalue weighted by atomic mass is 127. The van der Waals surface area contributed by atoms with E-state index in [2.05, 4.69) is 52.2 Å². The fourth-order valence-corrected chi connectivity index (χ4v) is 4.01. The number of benzene rings is 1. The van der Waals surface area contributed by atoms with Crippen molar-refractivity contribution in [3.8, 4) is 11.3 Å². The molecule has 1 aliphatic rings. The Labute approximate surface area is 131 Å². The average Bonchev–Trinajstić information content (AvgIpc) is 2.91. The van der Waals surface area contributed by atoms with E-state index in [0.717, 1.165) is 23.5 Å². The molecule has 1 heterocycles. The lowest BCUT2D eigenvalue weighted by atomic mass is 9.83. The Hall–Kier alpha value is -0.460. The van der Waals surface area contributed by atoms with Crippen molar-refractivity contribution in [3.05, 3.63) is 38.2 Å². The van der Waals surface area contributed by atoms with Crippen LogP contribution in [0.25, 0.3) is 11.3 Å². The van der Waals surface area contributed by atoms with Crippen molar-refractivity contribution in [2.24, 2.45) is 5.73 Å². The van der Waals surface area contributed by atoms with Crippen LogP contribution in [-0.2, 0) is 5.54 Å². The summed E-state index contributed by atoms with van der Waals surface area (Å²) in [6.45, 7) is 0. The first-order valence-electron chi connectivity index (χ1n) is 6.68. The minimum absolute atomic E-state index is 0.176. The molecule has 0 bridgehead atoms. The lowest BCUT2D eigenvalue weighted by molar-refractivity contribution is 0.301.